The van der Waals surface area contributed by atoms with Gasteiger partial charge in [-0.25, -0.2) is 17.9 Å². The molecule has 0 aliphatic heterocycles. The van der Waals surface area contributed by atoms with Crippen LogP contribution in [0.4, 0.5) is 13.2 Å². The first-order valence-electron chi connectivity index (χ1n) is 12.2. The minimum atomic E-state index is -0.781. The molecule has 1 aliphatic rings. The van der Waals surface area contributed by atoms with Crippen LogP contribution in [-0.2, 0) is 19.3 Å². The number of carbonyl (C=O) groups is 1. The average Bonchev–Trinajstić information content (AvgIpc) is 3.45. The van der Waals surface area contributed by atoms with Gasteiger partial charge in [-0.3, -0.25) is 4.79 Å². The number of nitrogens with one attached hydrogen (secondary N) is 1. The van der Waals surface area contributed by atoms with Crippen molar-refractivity contribution in [2.24, 2.45) is 0 Å². The summed E-state index contributed by atoms with van der Waals surface area (Å²) in [4.78, 5) is 13.4. The lowest BCUT2D eigenvalue weighted by Gasteiger charge is -2.16. The van der Waals surface area contributed by atoms with Crippen molar-refractivity contribution in [2.45, 2.75) is 37.6 Å². The van der Waals surface area contributed by atoms with E-state index >= 15 is 0 Å². The van der Waals surface area contributed by atoms with Gasteiger partial charge in [-0.05, 0) is 61.1 Å². The Morgan fingerprint density at radius 2 is 1.76 bits per heavy atom. The predicted molar refractivity (Wildman–Crippen MR) is 137 cm³/mol. The Morgan fingerprint density at radius 1 is 1.00 bits per heavy atom. The predicted octanol–water partition coefficient (Wildman–Crippen LogP) is 6.14. The van der Waals surface area contributed by atoms with Crippen LogP contribution in [0.1, 0.15) is 45.2 Å². The van der Waals surface area contributed by atoms with Crippen LogP contribution < -0.4 is 5.32 Å². The highest BCUT2D eigenvalue weighted by atomic mass is 35.5. The summed E-state index contributed by atoms with van der Waals surface area (Å²) in [6, 6.07) is 19.0. The number of carbonyl (C=O) groups excluding carboxylic acids is 1. The molecule has 190 valence electrons. The van der Waals surface area contributed by atoms with Crippen molar-refractivity contribution in [3.63, 3.8) is 0 Å². The molecule has 4 nitrogen and oxygen atoms in total. The first-order chi connectivity index (χ1) is 17.9. The number of nitrogens with zero attached hydrogens (tertiary/aromatic N) is 2. The van der Waals surface area contributed by atoms with Gasteiger partial charge in [-0.2, -0.15) is 5.10 Å². The minimum absolute atomic E-state index is 0.0565. The molecule has 0 saturated carbocycles. The molecule has 8 heteroatoms. The van der Waals surface area contributed by atoms with Crippen LogP contribution in [0, 0.1) is 17.5 Å². The molecular formula is C29H25ClF3N3O. The molecule has 2 atom stereocenters. The summed E-state index contributed by atoms with van der Waals surface area (Å²) < 4.78 is 43.7. The standard InChI is InChI=1S/C29H25ClF3N3O/c30-17-23(15-18-5-2-1-3-6-18)34-29(37)27-24-11-9-20(13-19-7-4-8-21(31)14-19)28(24)36(35-27)26-12-10-22(32)16-25(26)33/h1-8,10,12,14,16,20,23H,9,11,13,15,17H2,(H,34,37)/t20?,23-/m0/s1. The lowest BCUT2D eigenvalue weighted by molar-refractivity contribution is 0.0934. The number of alkyl halides is 1. The molecule has 0 bridgehead atoms. The van der Waals surface area contributed by atoms with Crippen molar-refractivity contribution in [1.29, 1.82) is 0 Å². The molecule has 1 aliphatic carbocycles. The van der Waals surface area contributed by atoms with Gasteiger partial charge in [-0.15, -0.1) is 11.6 Å². The highest BCUT2D eigenvalue weighted by molar-refractivity contribution is 6.18. The summed E-state index contributed by atoms with van der Waals surface area (Å²) in [6.07, 6.45) is 2.30. The Bertz CT molecular complexity index is 1420. The molecule has 0 fully saturated rings. The summed E-state index contributed by atoms with van der Waals surface area (Å²) in [5, 5.41) is 7.49. The van der Waals surface area contributed by atoms with Crippen molar-refractivity contribution in [3.8, 4) is 5.69 Å². The lowest BCUT2D eigenvalue weighted by atomic mass is 9.97. The second-order valence-corrected chi connectivity index (χ2v) is 9.61. The number of fused-ring (bicyclic) bond motifs is 1. The zero-order valence-electron chi connectivity index (χ0n) is 19.9. The second-order valence-electron chi connectivity index (χ2n) is 9.30. The maximum atomic E-state index is 14.9. The highest BCUT2D eigenvalue weighted by Crippen LogP contribution is 2.39. The molecule has 1 heterocycles. The first-order valence-corrected chi connectivity index (χ1v) is 12.7. The molecule has 1 N–H and O–H groups in total. The maximum Gasteiger partial charge on any atom is 0.272 e. The molecule has 5 rings (SSSR count). The summed E-state index contributed by atoms with van der Waals surface area (Å²) in [5.41, 5.74) is 3.49. The van der Waals surface area contributed by atoms with Gasteiger partial charge >= 0.3 is 0 Å². The van der Waals surface area contributed by atoms with Gasteiger partial charge in [-0.1, -0.05) is 42.5 Å². The third-order valence-electron chi connectivity index (χ3n) is 6.72. The summed E-state index contributed by atoms with van der Waals surface area (Å²) >= 11 is 6.17. The average molecular weight is 524 g/mol. The van der Waals surface area contributed by atoms with Gasteiger partial charge in [0.2, 0.25) is 0 Å². The van der Waals surface area contributed by atoms with Crippen molar-refractivity contribution >= 4 is 17.5 Å². The third kappa shape index (κ3) is 5.42. The first kappa shape index (κ1) is 25.1. The number of aromatic nitrogens is 2. The Kier molecular flexibility index (Phi) is 7.33. The SMILES string of the molecule is O=C(N[C@H](CCl)Cc1ccccc1)c1nn(-c2ccc(F)cc2F)c2c1CCC2Cc1cccc(F)c1. The van der Waals surface area contributed by atoms with E-state index in [4.69, 9.17) is 11.6 Å². The zero-order valence-corrected chi connectivity index (χ0v) is 20.7. The van der Waals surface area contributed by atoms with E-state index in [9.17, 15) is 18.0 Å². The van der Waals surface area contributed by atoms with Crippen LogP contribution >= 0.6 is 11.6 Å². The van der Waals surface area contributed by atoms with Crippen molar-refractivity contribution < 1.29 is 18.0 Å². The van der Waals surface area contributed by atoms with Crippen LogP contribution in [0.3, 0.4) is 0 Å². The van der Waals surface area contributed by atoms with E-state index in [0.717, 1.165) is 28.8 Å². The Hall–Kier alpha value is -3.58. The van der Waals surface area contributed by atoms with Gasteiger partial charge < -0.3 is 5.32 Å². The zero-order chi connectivity index (χ0) is 25.9. The largest absolute Gasteiger partial charge is 0.346 e. The van der Waals surface area contributed by atoms with E-state index < -0.39 is 17.5 Å². The molecule has 0 spiro atoms. The normalized spacial score (nSPS) is 15.4. The van der Waals surface area contributed by atoms with Gasteiger partial charge in [0.05, 0.1) is 5.69 Å². The fourth-order valence-electron chi connectivity index (χ4n) is 5.05. The van der Waals surface area contributed by atoms with E-state index in [-0.39, 0.29) is 35.0 Å². The number of rotatable bonds is 8. The van der Waals surface area contributed by atoms with Crippen LogP contribution in [0.5, 0.6) is 0 Å². The van der Waals surface area contributed by atoms with E-state index in [1.807, 2.05) is 36.4 Å². The highest BCUT2D eigenvalue weighted by Gasteiger charge is 2.35. The second kappa shape index (κ2) is 10.8. The van der Waals surface area contributed by atoms with Crippen molar-refractivity contribution in [2.75, 3.05) is 5.88 Å². The van der Waals surface area contributed by atoms with Gasteiger partial charge in [0.15, 0.2) is 11.5 Å². The van der Waals surface area contributed by atoms with E-state index in [1.54, 1.807) is 6.07 Å². The number of halogens is 4. The third-order valence-corrected chi connectivity index (χ3v) is 7.10. The maximum absolute atomic E-state index is 14.9. The van der Waals surface area contributed by atoms with Gasteiger partial charge in [0.1, 0.15) is 17.3 Å². The van der Waals surface area contributed by atoms with E-state index in [2.05, 4.69) is 10.4 Å². The molecule has 1 amide bonds. The fraction of sp³-hybridized carbons (Fsp3) is 0.241. The van der Waals surface area contributed by atoms with Crippen LogP contribution in [0.15, 0.2) is 72.8 Å². The van der Waals surface area contributed by atoms with Crippen molar-refractivity contribution in [1.82, 2.24) is 15.1 Å². The monoisotopic (exact) mass is 523 g/mol. The Morgan fingerprint density at radius 3 is 2.49 bits per heavy atom. The van der Waals surface area contributed by atoms with E-state index in [1.165, 1.54) is 22.9 Å². The van der Waals surface area contributed by atoms with Gasteiger partial charge in [0.25, 0.3) is 5.91 Å². The van der Waals surface area contributed by atoms with Crippen LogP contribution in [0.2, 0.25) is 0 Å². The molecular weight excluding hydrogens is 499 g/mol. The van der Waals surface area contributed by atoms with Crippen LogP contribution in [-0.4, -0.2) is 27.6 Å². The summed E-state index contributed by atoms with van der Waals surface area (Å²) in [7, 11) is 0. The molecule has 3 aromatic carbocycles. The summed E-state index contributed by atoms with van der Waals surface area (Å²) in [5.74, 6) is -2.13. The molecule has 0 radical (unpaired) electrons. The molecule has 4 aromatic rings. The Balaban J connectivity index is 1.49. The van der Waals surface area contributed by atoms with Gasteiger partial charge in [0, 0.05) is 29.5 Å². The topological polar surface area (TPSA) is 46.9 Å². The number of hydrogen-bond donors (Lipinski definition) is 1. The molecule has 1 aromatic heterocycles. The van der Waals surface area contributed by atoms with Crippen molar-refractivity contribution in [3.05, 3.63) is 118 Å². The van der Waals surface area contributed by atoms with Crippen LogP contribution in [0.25, 0.3) is 5.69 Å². The molecule has 0 saturated heterocycles. The number of hydrogen-bond acceptors (Lipinski definition) is 2. The quantitative estimate of drug-likeness (QED) is 0.282. The molecule has 1 unspecified atom stereocenters. The number of benzene rings is 3. The summed E-state index contributed by atoms with van der Waals surface area (Å²) in [6.45, 7) is 0. The smallest absolute Gasteiger partial charge is 0.272 e. The minimum Gasteiger partial charge on any atom is -0.346 e. The van der Waals surface area contributed by atoms with E-state index in [0.29, 0.717) is 31.4 Å². The Labute approximate surface area is 218 Å². The molecule has 37 heavy (non-hydrogen) atoms. The number of amides is 1. The lowest BCUT2D eigenvalue weighted by Crippen LogP contribution is -2.38. The fourth-order valence-corrected chi connectivity index (χ4v) is 5.23.